The summed E-state index contributed by atoms with van der Waals surface area (Å²) in [6, 6.07) is 3.47. The van der Waals surface area contributed by atoms with Crippen molar-refractivity contribution in [2.75, 3.05) is 0 Å². The highest BCUT2D eigenvalue weighted by Gasteiger charge is 2.13. The Bertz CT molecular complexity index is 836. The Hall–Kier alpha value is -1.01. The van der Waals surface area contributed by atoms with Crippen LogP contribution in [-0.4, -0.2) is 14.5 Å². The Kier molecular flexibility index (Phi) is 3.77. The van der Waals surface area contributed by atoms with E-state index in [4.69, 9.17) is 34.8 Å². The number of hydrogen-bond donors (Lipinski definition) is 1. The zero-order valence-electron chi connectivity index (χ0n) is 9.99. The van der Waals surface area contributed by atoms with Gasteiger partial charge in [-0.15, -0.1) is 11.6 Å². The third-order valence-electron chi connectivity index (χ3n) is 2.89. The van der Waals surface area contributed by atoms with Crippen molar-refractivity contribution < 1.29 is 0 Å². The van der Waals surface area contributed by atoms with Gasteiger partial charge in [0.25, 0.3) is 0 Å². The summed E-state index contributed by atoms with van der Waals surface area (Å²) in [6.45, 7) is 0.481. The Balaban J connectivity index is 2.16. The number of fused-ring (bicyclic) bond motifs is 1. The lowest BCUT2D eigenvalue weighted by Crippen LogP contribution is -2.06. The van der Waals surface area contributed by atoms with Crippen LogP contribution < -0.4 is 4.87 Å². The lowest BCUT2D eigenvalue weighted by atomic mass is 10.3. The second kappa shape index (κ2) is 5.41. The number of rotatable bonds is 3. The van der Waals surface area contributed by atoms with E-state index in [-0.39, 0.29) is 10.8 Å². The minimum absolute atomic E-state index is 0.0853. The minimum Gasteiger partial charge on any atom is -0.321 e. The molecule has 3 rings (SSSR count). The van der Waals surface area contributed by atoms with Crippen molar-refractivity contribution in [2.24, 2.45) is 0 Å². The summed E-state index contributed by atoms with van der Waals surface area (Å²) in [7, 11) is 0. The smallest absolute Gasteiger partial charge is 0.304 e. The maximum atomic E-state index is 11.2. The number of nitrogens with zero attached hydrogens (tertiary/aromatic N) is 2. The molecule has 0 spiro atoms. The zero-order chi connectivity index (χ0) is 14.3. The fraction of sp³-hybridized carbons (Fsp3) is 0.167. The van der Waals surface area contributed by atoms with Crippen molar-refractivity contribution in [1.82, 2.24) is 14.5 Å². The maximum absolute atomic E-state index is 11.2. The van der Waals surface area contributed by atoms with Crippen molar-refractivity contribution in [1.29, 1.82) is 0 Å². The first-order chi connectivity index (χ1) is 9.58. The molecule has 4 nitrogen and oxygen atoms in total. The SMILES string of the molecule is O=c1[nH]c(Cn2c(CCl)nc3cc(Cl)c(Cl)cc32)cs1. The molecule has 0 unspecified atom stereocenters. The second-order valence-electron chi connectivity index (χ2n) is 4.18. The molecule has 0 aliphatic carbocycles. The summed E-state index contributed by atoms with van der Waals surface area (Å²) in [4.78, 5) is 18.3. The zero-order valence-corrected chi connectivity index (χ0v) is 13.1. The van der Waals surface area contributed by atoms with Gasteiger partial charge in [0.1, 0.15) is 5.82 Å². The molecule has 0 saturated heterocycles. The fourth-order valence-electron chi connectivity index (χ4n) is 2.01. The average molecular weight is 349 g/mol. The molecule has 3 aromatic rings. The van der Waals surface area contributed by atoms with E-state index < -0.39 is 0 Å². The van der Waals surface area contributed by atoms with Gasteiger partial charge in [-0.05, 0) is 12.1 Å². The van der Waals surface area contributed by atoms with Crippen molar-refractivity contribution in [2.45, 2.75) is 12.4 Å². The summed E-state index contributed by atoms with van der Waals surface area (Å²) >= 11 is 19.1. The van der Waals surface area contributed by atoms with Gasteiger partial charge in [0.2, 0.25) is 0 Å². The number of aromatic amines is 1. The molecule has 1 N–H and O–H groups in total. The monoisotopic (exact) mass is 347 g/mol. The van der Waals surface area contributed by atoms with Crippen LogP contribution in [0.25, 0.3) is 11.0 Å². The number of alkyl halides is 1. The average Bonchev–Trinajstić information content (AvgIpc) is 2.96. The summed E-state index contributed by atoms with van der Waals surface area (Å²) < 4.78 is 1.92. The predicted molar refractivity (Wildman–Crippen MR) is 83.4 cm³/mol. The third kappa shape index (κ3) is 2.46. The van der Waals surface area contributed by atoms with Gasteiger partial charge in [0, 0.05) is 11.1 Å². The summed E-state index contributed by atoms with van der Waals surface area (Å²) in [5, 5.41) is 2.69. The van der Waals surface area contributed by atoms with Gasteiger partial charge in [0.15, 0.2) is 0 Å². The van der Waals surface area contributed by atoms with Crippen LogP contribution in [0.15, 0.2) is 22.3 Å². The summed E-state index contributed by atoms with van der Waals surface area (Å²) in [5.41, 5.74) is 2.37. The fourth-order valence-corrected chi connectivity index (χ4v) is 3.10. The molecular formula is C12H8Cl3N3OS. The number of nitrogens with one attached hydrogen (secondary N) is 1. The number of halogens is 3. The number of hydrogen-bond acceptors (Lipinski definition) is 3. The first-order valence-electron chi connectivity index (χ1n) is 5.65. The van der Waals surface area contributed by atoms with Crippen LogP contribution in [0.5, 0.6) is 0 Å². The first-order valence-corrected chi connectivity index (χ1v) is 7.82. The Morgan fingerprint density at radius 1 is 1.30 bits per heavy atom. The molecule has 0 aliphatic rings. The number of thiazole rings is 1. The molecular weight excluding hydrogens is 341 g/mol. The summed E-state index contributed by atoms with van der Waals surface area (Å²) in [5.74, 6) is 0.963. The van der Waals surface area contributed by atoms with Crippen LogP contribution >= 0.6 is 46.1 Å². The molecule has 0 aliphatic heterocycles. The van der Waals surface area contributed by atoms with E-state index in [1.807, 2.05) is 4.57 Å². The highest BCUT2D eigenvalue weighted by atomic mass is 35.5. The van der Waals surface area contributed by atoms with E-state index in [0.29, 0.717) is 22.4 Å². The van der Waals surface area contributed by atoms with E-state index in [1.54, 1.807) is 17.5 Å². The van der Waals surface area contributed by atoms with Crippen LogP contribution in [-0.2, 0) is 12.4 Å². The molecule has 0 saturated carbocycles. The highest BCUT2D eigenvalue weighted by Crippen LogP contribution is 2.29. The number of H-pyrrole nitrogens is 1. The van der Waals surface area contributed by atoms with E-state index in [0.717, 1.165) is 28.1 Å². The molecule has 0 fully saturated rings. The van der Waals surface area contributed by atoms with Gasteiger partial charge >= 0.3 is 4.87 Å². The summed E-state index contributed by atoms with van der Waals surface area (Å²) in [6.07, 6.45) is 0. The van der Waals surface area contributed by atoms with E-state index in [2.05, 4.69) is 9.97 Å². The van der Waals surface area contributed by atoms with Crippen molar-refractivity contribution in [3.05, 3.63) is 48.7 Å². The largest absolute Gasteiger partial charge is 0.321 e. The van der Waals surface area contributed by atoms with Gasteiger partial charge in [-0.1, -0.05) is 34.5 Å². The third-order valence-corrected chi connectivity index (χ3v) is 4.57. The standard InChI is InChI=1S/C12H8Cl3N3OS/c13-3-11-17-9-1-7(14)8(15)2-10(9)18(11)4-6-5-20-12(19)16-6/h1-2,5H,3-4H2,(H,16,19). The molecule has 20 heavy (non-hydrogen) atoms. The number of aromatic nitrogens is 3. The molecule has 104 valence electrons. The van der Waals surface area contributed by atoms with Crippen molar-refractivity contribution in [3.8, 4) is 0 Å². The van der Waals surface area contributed by atoms with Crippen LogP contribution in [0.3, 0.4) is 0 Å². The Labute approximate surface area is 132 Å². The molecule has 0 radical (unpaired) electrons. The minimum atomic E-state index is -0.0853. The Morgan fingerprint density at radius 2 is 2.05 bits per heavy atom. The molecule has 1 aromatic carbocycles. The molecule has 0 amide bonds. The lowest BCUT2D eigenvalue weighted by Gasteiger charge is -2.06. The van der Waals surface area contributed by atoms with Crippen molar-refractivity contribution >= 4 is 57.2 Å². The van der Waals surface area contributed by atoms with E-state index >= 15 is 0 Å². The quantitative estimate of drug-likeness (QED) is 0.730. The van der Waals surface area contributed by atoms with Crippen LogP contribution in [0.2, 0.25) is 10.0 Å². The molecule has 0 atom stereocenters. The topological polar surface area (TPSA) is 50.7 Å². The van der Waals surface area contributed by atoms with Gasteiger partial charge in [-0.2, -0.15) is 0 Å². The van der Waals surface area contributed by atoms with Gasteiger partial charge in [0.05, 0.1) is 33.5 Å². The maximum Gasteiger partial charge on any atom is 0.304 e. The second-order valence-corrected chi connectivity index (χ2v) is 6.10. The number of imidazole rings is 1. The molecule has 8 heteroatoms. The molecule has 2 aromatic heterocycles. The van der Waals surface area contributed by atoms with E-state index in [1.165, 1.54) is 0 Å². The van der Waals surface area contributed by atoms with Crippen molar-refractivity contribution in [3.63, 3.8) is 0 Å². The highest BCUT2D eigenvalue weighted by molar-refractivity contribution is 7.07. The normalized spacial score (nSPS) is 11.3. The number of benzene rings is 1. The Morgan fingerprint density at radius 3 is 2.70 bits per heavy atom. The first kappa shape index (κ1) is 13.9. The van der Waals surface area contributed by atoms with Crippen LogP contribution in [0, 0.1) is 0 Å². The molecule has 0 bridgehead atoms. The van der Waals surface area contributed by atoms with Crippen LogP contribution in [0.4, 0.5) is 0 Å². The van der Waals surface area contributed by atoms with E-state index in [9.17, 15) is 4.79 Å². The van der Waals surface area contributed by atoms with Gasteiger partial charge < -0.3 is 9.55 Å². The van der Waals surface area contributed by atoms with Crippen LogP contribution in [0.1, 0.15) is 11.5 Å². The predicted octanol–water partition coefficient (Wildman–Crippen LogP) is 3.88. The molecule has 2 heterocycles. The van der Waals surface area contributed by atoms with Gasteiger partial charge in [-0.25, -0.2) is 4.98 Å². The lowest BCUT2D eigenvalue weighted by molar-refractivity contribution is 0.761. The van der Waals surface area contributed by atoms with Gasteiger partial charge in [-0.3, -0.25) is 4.79 Å².